The van der Waals surface area contributed by atoms with Crippen molar-refractivity contribution in [1.82, 2.24) is 9.88 Å². The Morgan fingerprint density at radius 3 is 2.95 bits per heavy atom. The van der Waals surface area contributed by atoms with Gasteiger partial charge in [-0.3, -0.25) is 4.79 Å². The molecule has 2 aromatic rings. The minimum atomic E-state index is -0.00796. The highest BCUT2D eigenvalue weighted by atomic mass is 32.2. The molecule has 0 aliphatic heterocycles. The molecule has 4 nitrogen and oxygen atoms in total. The standard InChI is InChI=1S/C14H19N3OS2/c1-4-9(8-19-3)17(2)14(18)12-11(15)10-6-5-7-16-13(10)20-12/h5-7,9H,4,8,15H2,1-3H3. The summed E-state index contributed by atoms with van der Waals surface area (Å²) in [6.07, 6.45) is 4.71. The van der Waals surface area contributed by atoms with Crippen LogP contribution in [-0.2, 0) is 0 Å². The van der Waals surface area contributed by atoms with Crippen LogP contribution in [0.2, 0.25) is 0 Å². The van der Waals surface area contributed by atoms with Crippen LogP contribution in [0.15, 0.2) is 18.3 Å². The number of carbonyl (C=O) groups excluding carboxylic acids is 1. The molecule has 2 N–H and O–H groups in total. The van der Waals surface area contributed by atoms with Crippen LogP contribution in [0, 0.1) is 0 Å². The number of nitrogens with two attached hydrogens (primary N) is 1. The van der Waals surface area contributed by atoms with Crippen molar-refractivity contribution in [3.05, 3.63) is 23.2 Å². The highest BCUT2D eigenvalue weighted by Crippen LogP contribution is 2.33. The minimum Gasteiger partial charge on any atom is -0.397 e. The van der Waals surface area contributed by atoms with Gasteiger partial charge in [-0.25, -0.2) is 4.98 Å². The van der Waals surface area contributed by atoms with E-state index in [4.69, 9.17) is 5.73 Å². The lowest BCUT2D eigenvalue weighted by molar-refractivity contribution is 0.0749. The molecule has 1 unspecified atom stereocenters. The number of thiophene rings is 1. The van der Waals surface area contributed by atoms with Crippen LogP contribution in [0.4, 0.5) is 5.69 Å². The summed E-state index contributed by atoms with van der Waals surface area (Å²) >= 11 is 3.12. The number of amides is 1. The zero-order valence-corrected chi connectivity index (χ0v) is 13.6. The molecule has 0 radical (unpaired) electrons. The number of nitrogen functional groups attached to an aromatic ring is 1. The molecule has 108 valence electrons. The summed E-state index contributed by atoms with van der Waals surface area (Å²) in [4.78, 5) is 20.1. The maximum absolute atomic E-state index is 12.6. The third kappa shape index (κ3) is 2.76. The van der Waals surface area contributed by atoms with Gasteiger partial charge in [0, 0.05) is 30.4 Å². The lowest BCUT2D eigenvalue weighted by Gasteiger charge is -2.26. The van der Waals surface area contributed by atoms with Crippen LogP contribution in [0.1, 0.15) is 23.0 Å². The Kier molecular flexibility index (Phi) is 4.88. The topological polar surface area (TPSA) is 59.2 Å². The molecule has 2 rings (SSSR count). The second-order valence-corrected chi connectivity index (χ2v) is 6.54. The number of hydrogen-bond acceptors (Lipinski definition) is 5. The van der Waals surface area contributed by atoms with E-state index in [2.05, 4.69) is 18.2 Å². The maximum Gasteiger partial charge on any atom is 0.266 e. The molecule has 1 amide bonds. The number of hydrogen-bond donors (Lipinski definition) is 1. The molecule has 0 bridgehead atoms. The summed E-state index contributed by atoms with van der Waals surface area (Å²) in [6, 6.07) is 3.98. The lowest BCUT2D eigenvalue weighted by atomic mass is 10.2. The summed E-state index contributed by atoms with van der Waals surface area (Å²) in [7, 11) is 1.85. The van der Waals surface area contributed by atoms with Gasteiger partial charge in [-0.05, 0) is 24.8 Å². The number of anilines is 1. The molecule has 6 heteroatoms. The van der Waals surface area contributed by atoms with Crippen molar-refractivity contribution in [2.45, 2.75) is 19.4 Å². The van der Waals surface area contributed by atoms with E-state index in [0.29, 0.717) is 10.6 Å². The van der Waals surface area contributed by atoms with Gasteiger partial charge in [-0.1, -0.05) is 6.92 Å². The van der Waals surface area contributed by atoms with Gasteiger partial charge in [0.15, 0.2) is 0 Å². The molecule has 0 aromatic carbocycles. The first-order valence-electron chi connectivity index (χ1n) is 6.49. The van der Waals surface area contributed by atoms with E-state index in [1.165, 1.54) is 11.3 Å². The monoisotopic (exact) mass is 309 g/mol. The molecule has 0 aliphatic rings. The largest absolute Gasteiger partial charge is 0.397 e. The van der Waals surface area contributed by atoms with Crippen LogP contribution in [-0.4, -0.2) is 40.9 Å². The number of carbonyl (C=O) groups is 1. The molecule has 0 saturated heterocycles. The van der Waals surface area contributed by atoms with E-state index in [9.17, 15) is 4.79 Å². The number of fused-ring (bicyclic) bond motifs is 1. The Balaban J connectivity index is 2.33. The third-order valence-electron chi connectivity index (χ3n) is 3.40. The van der Waals surface area contributed by atoms with Crippen molar-refractivity contribution in [3.8, 4) is 0 Å². The number of nitrogens with zero attached hydrogens (tertiary/aromatic N) is 2. The molecule has 0 spiro atoms. The normalized spacial score (nSPS) is 12.6. The van der Waals surface area contributed by atoms with Crippen LogP contribution >= 0.6 is 23.1 Å². The van der Waals surface area contributed by atoms with Crippen LogP contribution in [0.25, 0.3) is 10.2 Å². The molecule has 0 fully saturated rings. The predicted octanol–water partition coefficient (Wildman–Crippen LogP) is 3.09. The summed E-state index contributed by atoms with van der Waals surface area (Å²) in [5.41, 5.74) is 6.66. The molecule has 2 aromatic heterocycles. The zero-order chi connectivity index (χ0) is 14.7. The second kappa shape index (κ2) is 6.45. The number of thioether (sulfide) groups is 1. The van der Waals surface area contributed by atoms with Crippen molar-refractivity contribution >= 4 is 44.9 Å². The van der Waals surface area contributed by atoms with E-state index in [1.807, 2.05) is 19.2 Å². The SMILES string of the molecule is CCC(CSC)N(C)C(=O)c1sc2ncccc2c1N. The van der Waals surface area contributed by atoms with Gasteiger partial charge in [0.1, 0.15) is 9.71 Å². The minimum absolute atomic E-state index is 0.00796. The van der Waals surface area contributed by atoms with E-state index in [1.54, 1.807) is 22.9 Å². The van der Waals surface area contributed by atoms with Crippen molar-refractivity contribution in [3.63, 3.8) is 0 Å². The van der Waals surface area contributed by atoms with Gasteiger partial charge < -0.3 is 10.6 Å². The number of aromatic nitrogens is 1. The lowest BCUT2D eigenvalue weighted by Crippen LogP contribution is -2.38. The maximum atomic E-state index is 12.6. The van der Waals surface area contributed by atoms with Crippen molar-refractivity contribution in [2.75, 3.05) is 24.8 Å². The average molecular weight is 309 g/mol. The zero-order valence-electron chi connectivity index (χ0n) is 11.9. The molecule has 1 atom stereocenters. The highest BCUT2D eigenvalue weighted by molar-refractivity contribution is 7.98. The van der Waals surface area contributed by atoms with Crippen LogP contribution < -0.4 is 5.73 Å². The Morgan fingerprint density at radius 2 is 2.35 bits per heavy atom. The molecule has 0 aliphatic carbocycles. The summed E-state index contributed by atoms with van der Waals surface area (Å²) in [5, 5.41) is 0.868. The number of pyridine rings is 1. The van der Waals surface area contributed by atoms with Crippen LogP contribution in [0.3, 0.4) is 0 Å². The molecular weight excluding hydrogens is 290 g/mol. The Morgan fingerprint density at radius 1 is 1.60 bits per heavy atom. The van der Waals surface area contributed by atoms with Gasteiger partial charge in [0.2, 0.25) is 0 Å². The van der Waals surface area contributed by atoms with Crippen molar-refractivity contribution in [1.29, 1.82) is 0 Å². The second-order valence-electron chi connectivity index (χ2n) is 4.63. The summed E-state index contributed by atoms with van der Waals surface area (Å²) in [6.45, 7) is 2.10. The quantitative estimate of drug-likeness (QED) is 0.922. The fourth-order valence-corrected chi connectivity index (χ4v) is 4.02. The molecule has 20 heavy (non-hydrogen) atoms. The van der Waals surface area contributed by atoms with E-state index >= 15 is 0 Å². The predicted molar refractivity (Wildman–Crippen MR) is 88.6 cm³/mol. The molecular formula is C14H19N3OS2. The van der Waals surface area contributed by atoms with Gasteiger partial charge >= 0.3 is 0 Å². The smallest absolute Gasteiger partial charge is 0.266 e. The fraction of sp³-hybridized carbons (Fsp3) is 0.429. The summed E-state index contributed by atoms with van der Waals surface area (Å²) < 4.78 is 0. The van der Waals surface area contributed by atoms with Crippen LogP contribution in [0.5, 0.6) is 0 Å². The Bertz CT molecular complexity index is 611. The number of rotatable bonds is 5. The Labute approximate surface area is 127 Å². The fourth-order valence-electron chi connectivity index (χ4n) is 2.13. The van der Waals surface area contributed by atoms with Gasteiger partial charge in [0.25, 0.3) is 5.91 Å². The molecule has 0 saturated carbocycles. The van der Waals surface area contributed by atoms with Gasteiger partial charge in [-0.2, -0.15) is 11.8 Å². The van der Waals surface area contributed by atoms with E-state index in [-0.39, 0.29) is 11.9 Å². The first kappa shape index (κ1) is 15.1. The van der Waals surface area contributed by atoms with Gasteiger partial charge in [0.05, 0.1) is 5.69 Å². The highest BCUT2D eigenvalue weighted by Gasteiger charge is 2.24. The van der Waals surface area contributed by atoms with E-state index in [0.717, 1.165) is 22.4 Å². The van der Waals surface area contributed by atoms with Crippen molar-refractivity contribution < 1.29 is 4.79 Å². The summed E-state index contributed by atoms with van der Waals surface area (Å²) in [5.74, 6) is 0.924. The molecule has 2 heterocycles. The van der Waals surface area contributed by atoms with E-state index < -0.39 is 0 Å². The first-order valence-corrected chi connectivity index (χ1v) is 8.70. The first-order chi connectivity index (χ1) is 9.60. The third-order valence-corrected chi connectivity index (χ3v) is 5.23. The Hall–Kier alpha value is -1.27. The average Bonchev–Trinajstić information content (AvgIpc) is 2.81. The van der Waals surface area contributed by atoms with Crippen molar-refractivity contribution in [2.24, 2.45) is 0 Å². The van der Waals surface area contributed by atoms with Gasteiger partial charge in [-0.15, -0.1) is 11.3 Å².